The summed E-state index contributed by atoms with van der Waals surface area (Å²) < 4.78 is 17.1. The van der Waals surface area contributed by atoms with Crippen LogP contribution in [0.2, 0.25) is 0 Å². The van der Waals surface area contributed by atoms with Crippen LogP contribution in [0.1, 0.15) is 41.8 Å². The molecule has 5 nitrogen and oxygen atoms in total. The maximum atomic E-state index is 12.5. The summed E-state index contributed by atoms with van der Waals surface area (Å²) in [7, 11) is 1.62. The Balaban J connectivity index is 1.51. The van der Waals surface area contributed by atoms with Crippen LogP contribution < -0.4 is 19.5 Å². The number of carbonyl (C=O) groups excluding carboxylic acids is 1. The SMILES string of the molecule is COc1cc(CNC(=O)c2ccc(OCc3ccccc3)cc2)ccc1OCCC(C)C. The molecule has 1 N–H and O–H groups in total. The van der Waals surface area contributed by atoms with Crippen LogP contribution in [0.3, 0.4) is 0 Å². The largest absolute Gasteiger partial charge is 0.493 e. The molecule has 168 valence electrons. The fourth-order valence-electron chi connectivity index (χ4n) is 3.07. The van der Waals surface area contributed by atoms with Gasteiger partial charge in [0.15, 0.2) is 11.5 Å². The molecule has 32 heavy (non-hydrogen) atoms. The van der Waals surface area contributed by atoms with Crippen molar-refractivity contribution in [2.75, 3.05) is 13.7 Å². The first kappa shape index (κ1) is 23.2. The van der Waals surface area contributed by atoms with E-state index in [1.54, 1.807) is 19.2 Å². The van der Waals surface area contributed by atoms with E-state index in [-0.39, 0.29) is 5.91 Å². The molecule has 0 bridgehead atoms. The normalized spacial score (nSPS) is 10.6. The van der Waals surface area contributed by atoms with Gasteiger partial charge in [-0.25, -0.2) is 0 Å². The molecule has 0 unspecified atom stereocenters. The fraction of sp³-hybridized carbons (Fsp3) is 0.296. The number of nitrogens with one attached hydrogen (secondary N) is 1. The number of ether oxygens (including phenoxy) is 3. The van der Waals surface area contributed by atoms with Gasteiger partial charge in [0.2, 0.25) is 0 Å². The molecule has 5 heteroatoms. The molecular weight excluding hydrogens is 402 g/mol. The van der Waals surface area contributed by atoms with E-state index in [2.05, 4.69) is 19.2 Å². The Morgan fingerprint density at radius 2 is 1.62 bits per heavy atom. The summed E-state index contributed by atoms with van der Waals surface area (Å²) in [5, 5.41) is 2.95. The Kier molecular flexibility index (Phi) is 8.55. The van der Waals surface area contributed by atoms with Gasteiger partial charge in [0.25, 0.3) is 5.91 Å². The first-order valence-electron chi connectivity index (χ1n) is 10.9. The third kappa shape index (κ3) is 7.05. The number of methoxy groups -OCH3 is 1. The maximum Gasteiger partial charge on any atom is 0.251 e. The zero-order valence-electron chi connectivity index (χ0n) is 19.0. The molecule has 0 spiro atoms. The summed E-state index contributed by atoms with van der Waals surface area (Å²) >= 11 is 0. The minimum atomic E-state index is -0.143. The minimum absolute atomic E-state index is 0.143. The highest BCUT2D eigenvalue weighted by Crippen LogP contribution is 2.28. The zero-order valence-corrected chi connectivity index (χ0v) is 19.0. The quantitative estimate of drug-likeness (QED) is 0.426. The monoisotopic (exact) mass is 433 g/mol. The molecule has 3 aromatic carbocycles. The van der Waals surface area contributed by atoms with Crippen LogP contribution in [-0.2, 0) is 13.2 Å². The summed E-state index contributed by atoms with van der Waals surface area (Å²) in [5.41, 5.74) is 2.62. The lowest BCUT2D eigenvalue weighted by Crippen LogP contribution is -2.22. The Labute approximate surface area is 190 Å². The van der Waals surface area contributed by atoms with Gasteiger partial charge in [-0.15, -0.1) is 0 Å². The average Bonchev–Trinajstić information content (AvgIpc) is 2.82. The molecular formula is C27H31NO4. The van der Waals surface area contributed by atoms with E-state index in [0.29, 0.717) is 42.7 Å². The predicted molar refractivity (Wildman–Crippen MR) is 126 cm³/mol. The first-order valence-corrected chi connectivity index (χ1v) is 10.9. The topological polar surface area (TPSA) is 56.8 Å². The van der Waals surface area contributed by atoms with Crippen LogP contribution in [0.4, 0.5) is 0 Å². The molecule has 0 saturated heterocycles. The summed E-state index contributed by atoms with van der Waals surface area (Å²) in [6, 6.07) is 22.8. The lowest BCUT2D eigenvalue weighted by atomic mass is 10.1. The van der Waals surface area contributed by atoms with E-state index in [4.69, 9.17) is 14.2 Å². The lowest BCUT2D eigenvalue weighted by Gasteiger charge is -2.13. The molecule has 1 amide bonds. The van der Waals surface area contributed by atoms with Gasteiger partial charge in [0.05, 0.1) is 13.7 Å². The molecule has 0 radical (unpaired) electrons. The van der Waals surface area contributed by atoms with E-state index in [1.807, 2.05) is 60.7 Å². The van der Waals surface area contributed by atoms with Crippen molar-refractivity contribution in [3.8, 4) is 17.2 Å². The van der Waals surface area contributed by atoms with Crippen LogP contribution in [-0.4, -0.2) is 19.6 Å². The molecule has 0 aliphatic rings. The van der Waals surface area contributed by atoms with Gasteiger partial charge in [-0.3, -0.25) is 4.79 Å². The number of hydrogen-bond acceptors (Lipinski definition) is 4. The van der Waals surface area contributed by atoms with Gasteiger partial charge in [-0.1, -0.05) is 50.2 Å². The van der Waals surface area contributed by atoms with Crippen molar-refractivity contribution in [3.05, 3.63) is 89.5 Å². The van der Waals surface area contributed by atoms with Gasteiger partial charge in [0.1, 0.15) is 12.4 Å². The van der Waals surface area contributed by atoms with Crippen molar-refractivity contribution in [1.29, 1.82) is 0 Å². The Morgan fingerprint density at radius 1 is 0.875 bits per heavy atom. The van der Waals surface area contributed by atoms with E-state index < -0.39 is 0 Å². The number of hydrogen-bond donors (Lipinski definition) is 1. The van der Waals surface area contributed by atoms with Crippen LogP contribution >= 0.6 is 0 Å². The minimum Gasteiger partial charge on any atom is -0.493 e. The molecule has 0 aromatic heterocycles. The second-order valence-electron chi connectivity index (χ2n) is 8.00. The van der Waals surface area contributed by atoms with E-state index in [9.17, 15) is 4.79 Å². The van der Waals surface area contributed by atoms with Crippen molar-refractivity contribution < 1.29 is 19.0 Å². The number of benzene rings is 3. The summed E-state index contributed by atoms with van der Waals surface area (Å²) in [5.74, 6) is 2.55. The zero-order chi connectivity index (χ0) is 22.8. The average molecular weight is 434 g/mol. The molecule has 0 aliphatic carbocycles. The molecule has 0 fully saturated rings. The highest BCUT2D eigenvalue weighted by atomic mass is 16.5. The Morgan fingerprint density at radius 3 is 2.31 bits per heavy atom. The maximum absolute atomic E-state index is 12.5. The standard InChI is InChI=1S/C27H31NO4/c1-20(2)15-16-31-25-14-9-22(17-26(25)30-3)18-28-27(29)23-10-12-24(13-11-23)32-19-21-7-5-4-6-8-21/h4-14,17,20H,15-16,18-19H2,1-3H3,(H,28,29). The van der Waals surface area contributed by atoms with Crippen molar-refractivity contribution in [1.82, 2.24) is 5.32 Å². The van der Waals surface area contributed by atoms with Crippen LogP contribution in [0, 0.1) is 5.92 Å². The smallest absolute Gasteiger partial charge is 0.251 e. The lowest BCUT2D eigenvalue weighted by molar-refractivity contribution is 0.0951. The molecule has 3 aromatic rings. The van der Waals surface area contributed by atoms with Crippen LogP contribution in [0.15, 0.2) is 72.8 Å². The number of rotatable bonds is 11. The second kappa shape index (κ2) is 11.8. The fourth-order valence-corrected chi connectivity index (χ4v) is 3.07. The van der Waals surface area contributed by atoms with E-state index in [0.717, 1.165) is 23.3 Å². The van der Waals surface area contributed by atoms with Gasteiger partial charge in [-0.05, 0) is 59.9 Å². The highest BCUT2D eigenvalue weighted by molar-refractivity contribution is 5.94. The van der Waals surface area contributed by atoms with Crippen molar-refractivity contribution in [2.24, 2.45) is 5.92 Å². The third-order valence-corrected chi connectivity index (χ3v) is 5.00. The second-order valence-corrected chi connectivity index (χ2v) is 8.00. The van der Waals surface area contributed by atoms with Crippen LogP contribution in [0.5, 0.6) is 17.2 Å². The predicted octanol–water partition coefficient (Wildman–Crippen LogP) is 5.63. The van der Waals surface area contributed by atoms with Crippen molar-refractivity contribution in [2.45, 2.75) is 33.4 Å². The van der Waals surface area contributed by atoms with Gasteiger partial charge in [0, 0.05) is 12.1 Å². The summed E-state index contributed by atoms with van der Waals surface area (Å²) in [6.45, 7) is 5.86. The van der Waals surface area contributed by atoms with Crippen molar-refractivity contribution >= 4 is 5.91 Å². The summed E-state index contributed by atoms with van der Waals surface area (Å²) in [6.07, 6.45) is 0.983. The van der Waals surface area contributed by atoms with Crippen molar-refractivity contribution in [3.63, 3.8) is 0 Å². The van der Waals surface area contributed by atoms with Crippen LogP contribution in [0.25, 0.3) is 0 Å². The Bertz CT molecular complexity index is 984. The molecule has 0 aliphatic heterocycles. The van der Waals surface area contributed by atoms with E-state index >= 15 is 0 Å². The molecule has 0 saturated carbocycles. The molecule has 0 atom stereocenters. The van der Waals surface area contributed by atoms with Gasteiger partial charge < -0.3 is 19.5 Å². The first-order chi connectivity index (χ1) is 15.5. The van der Waals surface area contributed by atoms with Gasteiger partial charge in [-0.2, -0.15) is 0 Å². The molecule has 3 rings (SSSR count). The third-order valence-electron chi connectivity index (χ3n) is 5.00. The molecule has 0 heterocycles. The number of amides is 1. The number of carbonyl (C=O) groups is 1. The highest BCUT2D eigenvalue weighted by Gasteiger charge is 2.09. The van der Waals surface area contributed by atoms with Gasteiger partial charge >= 0.3 is 0 Å². The summed E-state index contributed by atoms with van der Waals surface area (Å²) in [4.78, 5) is 12.5. The Hall–Kier alpha value is -3.47. The van der Waals surface area contributed by atoms with E-state index in [1.165, 1.54) is 0 Å².